The van der Waals surface area contributed by atoms with Crippen molar-refractivity contribution in [1.29, 1.82) is 0 Å². The Morgan fingerprint density at radius 1 is 0.710 bits per heavy atom. The number of amides is 8. The zero-order valence-corrected chi connectivity index (χ0v) is 41.1. The van der Waals surface area contributed by atoms with Crippen LogP contribution in [-0.2, 0) is 51.2 Å². The second kappa shape index (κ2) is 29.3. The van der Waals surface area contributed by atoms with E-state index in [2.05, 4.69) is 52.2 Å². The third-order valence-electron chi connectivity index (χ3n) is 11.3. The second-order valence-electron chi connectivity index (χ2n) is 18.3. The van der Waals surface area contributed by atoms with E-state index in [9.17, 15) is 38.4 Å². The summed E-state index contributed by atoms with van der Waals surface area (Å²) < 4.78 is 0. The van der Waals surface area contributed by atoms with Crippen LogP contribution in [0.25, 0.3) is 0 Å². The lowest BCUT2D eigenvalue weighted by Gasteiger charge is -2.32. The van der Waals surface area contributed by atoms with Crippen LogP contribution in [0.15, 0.2) is 47.8 Å². The molecule has 1 aromatic carbocycles. The van der Waals surface area contributed by atoms with E-state index in [4.69, 9.17) is 28.7 Å². The SMILES string of the molecule is CC[C@H](C)[C@H](NC(=O)[C@H](CC(C)C)NC(=O)C(C)(C)NC(=O)[C@H](CCCN=C(N)N)NC(=O)[C@H](CCCCN)NC(=O)[C@H](C)NC(=O)[C@@H](N)Cc1cnc[nH]1)C(=O)N[C@@H](Cc1ccccc1)C(N)=O. The van der Waals surface area contributed by atoms with Gasteiger partial charge in [-0.25, -0.2) is 4.98 Å². The second-order valence-corrected chi connectivity index (χ2v) is 18.3. The fraction of sp³-hybridized carbons (Fsp3) is 0.609. The van der Waals surface area contributed by atoms with Crippen molar-refractivity contribution < 1.29 is 38.4 Å². The Morgan fingerprint density at radius 3 is 1.90 bits per heavy atom. The number of aromatic nitrogens is 2. The minimum Gasteiger partial charge on any atom is -0.370 e. The first-order chi connectivity index (χ1) is 32.5. The molecule has 0 saturated heterocycles. The summed E-state index contributed by atoms with van der Waals surface area (Å²) >= 11 is 0. The van der Waals surface area contributed by atoms with Crippen molar-refractivity contribution in [2.75, 3.05) is 13.1 Å². The lowest BCUT2D eigenvalue weighted by molar-refractivity contribution is -0.138. The highest BCUT2D eigenvalue weighted by molar-refractivity contribution is 5.98. The van der Waals surface area contributed by atoms with Gasteiger partial charge in [0.1, 0.15) is 41.8 Å². The molecule has 2 rings (SSSR count). The lowest BCUT2D eigenvalue weighted by Crippen LogP contribution is -2.63. The van der Waals surface area contributed by atoms with Gasteiger partial charge in [0.2, 0.25) is 47.3 Å². The number of hydrogen-bond acceptors (Lipinski definition) is 12. The smallest absolute Gasteiger partial charge is 0.245 e. The first-order valence-corrected chi connectivity index (χ1v) is 23.5. The van der Waals surface area contributed by atoms with Crippen LogP contribution in [0.1, 0.15) is 105 Å². The summed E-state index contributed by atoms with van der Waals surface area (Å²) in [7, 11) is 0. The number of guanidine groups is 1. The predicted octanol–water partition coefficient (Wildman–Crippen LogP) is -1.89. The minimum absolute atomic E-state index is 0.00436. The molecule has 1 aromatic heterocycles. The first-order valence-electron chi connectivity index (χ1n) is 23.5. The van der Waals surface area contributed by atoms with E-state index >= 15 is 0 Å². The molecule has 18 N–H and O–H groups in total. The number of H-pyrrole nitrogens is 1. The van der Waals surface area contributed by atoms with Crippen LogP contribution in [0.5, 0.6) is 0 Å². The number of aliphatic imine (C=N–C) groups is 1. The molecule has 8 amide bonds. The number of rotatable bonds is 31. The van der Waals surface area contributed by atoms with Gasteiger partial charge in [0, 0.05) is 31.3 Å². The lowest BCUT2D eigenvalue weighted by atomic mass is 9.95. The van der Waals surface area contributed by atoms with Crippen molar-refractivity contribution in [3.8, 4) is 0 Å². The highest BCUT2D eigenvalue weighted by Gasteiger charge is 2.38. The molecule has 0 aliphatic heterocycles. The maximum Gasteiger partial charge on any atom is 0.245 e. The average Bonchev–Trinajstić information content (AvgIpc) is 3.80. The number of primary amides is 1. The minimum atomic E-state index is -1.68. The monoisotopic (exact) mass is 968 g/mol. The Balaban J connectivity index is 2.28. The molecule has 2 aromatic rings. The number of imidazole rings is 1. The Bertz CT molecular complexity index is 2010. The maximum absolute atomic E-state index is 14.1. The fourth-order valence-corrected chi connectivity index (χ4v) is 7.00. The van der Waals surface area contributed by atoms with E-state index < -0.39 is 101 Å². The molecular weight excluding hydrogens is 891 g/mol. The quantitative estimate of drug-likeness (QED) is 0.0224. The van der Waals surface area contributed by atoms with Crippen molar-refractivity contribution in [3.63, 3.8) is 0 Å². The third-order valence-corrected chi connectivity index (χ3v) is 11.3. The average molecular weight is 968 g/mol. The van der Waals surface area contributed by atoms with Crippen LogP contribution >= 0.6 is 0 Å². The fourth-order valence-electron chi connectivity index (χ4n) is 7.00. The number of aromatic amines is 1. The Morgan fingerprint density at radius 2 is 1.32 bits per heavy atom. The van der Waals surface area contributed by atoms with Gasteiger partial charge in [-0.2, -0.15) is 0 Å². The van der Waals surface area contributed by atoms with Gasteiger partial charge in [0.25, 0.3) is 0 Å². The van der Waals surface area contributed by atoms with Crippen LogP contribution in [-0.4, -0.2) is 124 Å². The van der Waals surface area contributed by atoms with Crippen molar-refractivity contribution in [2.45, 2.75) is 154 Å². The standard InChI is InChI=1S/C46H77N15O8/c1-8-27(4)36(43(68)58-34(37(49)62)22-29-15-10-9-11-16-29)60-41(66)35(21-26(2)3)59-44(69)46(6,7)61-42(67)33(18-14-20-53-45(50)51)57-40(65)32(17-12-13-19-47)56-38(63)28(5)55-39(64)31(48)23-30-24-52-25-54-30/h9-11,15-16,24-28,31-36H,8,12-14,17-23,47-48H2,1-7H3,(H2,49,62)(H,52,54)(H,55,64)(H,56,63)(H,57,65)(H,58,68)(H,59,69)(H,60,66)(H,61,67)(H4,50,51,53)/t27-,28-,31-,32-,33-,34-,35-,36-/m0/s1. The number of benzene rings is 1. The van der Waals surface area contributed by atoms with E-state index in [0.717, 1.165) is 5.56 Å². The van der Waals surface area contributed by atoms with Crippen LogP contribution in [0.3, 0.4) is 0 Å². The molecule has 0 aliphatic carbocycles. The van der Waals surface area contributed by atoms with Crippen molar-refractivity contribution in [1.82, 2.24) is 47.2 Å². The third kappa shape index (κ3) is 21.1. The molecule has 0 saturated carbocycles. The highest BCUT2D eigenvalue weighted by Crippen LogP contribution is 2.15. The van der Waals surface area contributed by atoms with Gasteiger partial charge in [-0.05, 0) is 83.2 Å². The summed E-state index contributed by atoms with van der Waals surface area (Å²) in [6.45, 7) is 12.0. The summed E-state index contributed by atoms with van der Waals surface area (Å²) in [5.74, 6) is -6.30. The summed E-state index contributed by atoms with van der Waals surface area (Å²) in [5, 5.41) is 18.8. The molecular formula is C46H77N15O8. The van der Waals surface area contributed by atoms with Gasteiger partial charge in [-0.3, -0.25) is 43.3 Å². The number of nitrogens with zero attached hydrogens (tertiary/aromatic N) is 2. The molecule has 8 atom stereocenters. The molecule has 1 heterocycles. The van der Waals surface area contributed by atoms with Gasteiger partial charge in [-0.15, -0.1) is 0 Å². The normalized spacial score (nSPS) is 14.8. The molecule has 384 valence electrons. The van der Waals surface area contributed by atoms with E-state index in [1.165, 1.54) is 33.3 Å². The highest BCUT2D eigenvalue weighted by atomic mass is 16.2. The molecule has 23 nitrogen and oxygen atoms in total. The summed E-state index contributed by atoms with van der Waals surface area (Å²) in [4.78, 5) is 119. The number of hydrogen-bond donors (Lipinski definition) is 13. The van der Waals surface area contributed by atoms with Crippen molar-refractivity contribution >= 4 is 53.2 Å². The number of carbonyl (C=O) groups is 8. The van der Waals surface area contributed by atoms with Crippen LogP contribution in [0.4, 0.5) is 0 Å². The van der Waals surface area contributed by atoms with Gasteiger partial charge in [0.05, 0.1) is 12.4 Å². The van der Waals surface area contributed by atoms with Crippen LogP contribution in [0, 0.1) is 11.8 Å². The zero-order chi connectivity index (χ0) is 51.8. The number of unbranched alkanes of at least 4 members (excludes halogenated alkanes) is 1. The summed E-state index contributed by atoms with van der Waals surface area (Å²) in [5.41, 5.74) is 28.1. The molecule has 23 heteroatoms. The maximum atomic E-state index is 14.1. The molecule has 0 unspecified atom stereocenters. The number of carbonyl (C=O) groups excluding carboxylic acids is 8. The van der Waals surface area contributed by atoms with Gasteiger partial charge < -0.3 is 70.9 Å². The Labute approximate surface area is 404 Å². The molecule has 0 aliphatic rings. The van der Waals surface area contributed by atoms with E-state index in [-0.39, 0.29) is 56.9 Å². The largest absolute Gasteiger partial charge is 0.370 e. The first kappa shape index (κ1) is 58.5. The summed E-state index contributed by atoms with van der Waals surface area (Å²) in [6, 6.07) is 1.11. The Kier molecular flexibility index (Phi) is 24.9. The van der Waals surface area contributed by atoms with Crippen molar-refractivity contribution in [2.24, 2.45) is 45.5 Å². The molecule has 0 spiro atoms. The van der Waals surface area contributed by atoms with E-state index in [1.807, 2.05) is 26.8 Å². The zero-order valence-electron chi connectivity index (χ0n) is 41.1. The molecule has 0 bridgehead atoms. The van der Waals surface area contributed by atoms with Gasteiger partial charge >= 0.3 is 0 Å². The van der Waals surface area contributed by atoms with E-state index in [1.54, 1.807) is 31.2 Å². The van der Waals surface area contributed by atoms with Gasteiger partial charge in [0.15, 0.2) is 5.96 Å². The van der Waals surface area contributed by atoms with Crippen molar-refractivity contribution in [3.05, 3.63) is 54.1 Å². The topological polar surface area (TPSA) is 392 Å². The molecule has 0 radical (unpaired) electrons. The number of nitrogens with one attached hydrogen (secondary N) is 8. The summed E-state index contributed by atoms with van der Waals surface area (Å²) in [6.07, 6.45) is 5.15. The van der Waals surface area contributed by atoms with E-state index in [0.29, 0.717) is 31.5 Å². The Hall–Kier alpha value is -6.62. The van der Waals surface area contributed by atoms with Crippen LogP contribution in [0.2, 0.25) is 0 Å². The van der Waals surface area contributed by atoms with Gasteiger partial charge in [-0.1, -0.05) is 64.4 Å². The molecule has 0 fully saturated rings. The molecule has 69 heavy (non-hydrogen) atoms. The number of nitrogens with two attached hydrogens (primary N) is 5. The predicted molar refractivity (Wildman–Crippen MR) is 261 cm³/mol. The van der Waals surface area contributed by atoms with Crippen LogP contribution < -0.4 is 65.9 Å².